The largest absolute Gasteiger partial charge is 0.439 e. The van der Waals surface area contributed by atoms with E-state index in [1.54, 1.807) is 6.20 Å². The highest BCUT2D eigenvalue weighted by molar-refractivity contribution is 6.30. The smallest absolute Gasteiger partial charge is 0.209 e. The summed E-state index contributed by atoms with van der Waals surface area (Å²) in [5.74, 6) is 2.42. The van der Waals surface area contributed by atoms with E-state index < -0.39 is 0 Å². The third kappa shape index (κ3) is 6.46. The first-order chi connectivity index (χ1) is 11.2. The number of hydrogen-bond donors (Lipinski definition) is 1. The van der Waals surface area contributed by atoms with E-state index in [0.29, 0.717) is 5.02 Å². The van der Waals surface area contributed by atoms with Crippen molar-refractivity contribution in [3.8, 4) is 11.3 Å². The maximum atomic E-state index is 6.03. The van der Waals surface area contributed by atoms with E-state index in [0.717, 1.165) is 49.3 Å². The van der Waals surface area contributed by atoms with E-state index >= 15 is 0 Å². The van der Waals surface area contributed by atoms with Gasteiger partial charge in [-0.2, -0.15) is 0 Å². The van der Waals surface area contributed by atoms with Gasteiger partial charge in [-0.25, -0.2) is 4.98 Å². The number of aromatic nitrogens is 1. The van der Waals surface area contributed by atoms with Crippen LogP contribution in [0.15, 0.2) is 34.9 Å². The van der Waals surface area contributed by atoms with E-state index in [1.165, 1.54) is 19.3 Å². The Hall–Kier alpha value is -0.780. The molecule has 140 valence electrons. The van der Waals surface area contributed by atoms with Crippen molar-refractivity contribution in [3.63, 3.8) is 0 Å². The normalized spacial score (nSPS) is 15.4. The standard InChI is InChI=1S/C18H24ClN3O.2ClH/c1-20-8-5-14-6-9-22(10-7-14)13-18-21-12-17(23-18)15-3-2-4-16(19)11-15;;/h2-4,11-12,14,20H,5-10,13H2,1H3;2*1H. The van der Waals surface area contributed by atoms with Gasteiger partial charge in [-0.05, 0) is 64.0 Å². The Bertz CT molecular complexity index is 628. The van der Waals surface area contributed by atoms with Crippen LogP contribution in [0, 0.1) is 5.92 Å². The number of oxazole rings is 1. The number of likely N-dealkylation sites (tertiary alicyclic amines) is 1. The molecule has 1 aliphatic rings. The zero-order valence-electron chi connectivity index (χ0n) is 14.4. The van der Waals surface area contributed by atoms with Crippen LogP contribution in [0.3, 0.4) is 0 Å². The van der Waals surface area contributed by atoms with Gasteiger partial charge in [0.2, 0.25) is 5.89 Å². The second-order valence-corrected chi connectivity index (χ2v) is 6.68. The number of nitrogens with zero attached hydrogens (tertiary/aromatic N) is 2. The molecule has 1 N–H and O–H groups in total. The van der Waals surface area contributed by atoms with Crippen LogP contribution < -0.4 is 5.32 Å². The molecular weight excluding hydrogens is 381 g/mol. The van der Waals surface area contributed by atoms with Gasteiger partial charge in [0.15, 0.2) is 5.76 Å². The zero-order valence-corrected chi connectivity index (χ0v) is 16.8. The Morgan fingerprint density at radius 3 is 2.72 bits per heavy atom. The van der Waals surface area contributed by atoms with Gasteiger partial charge in [0, 0.05) is 10.6 Å². The Kier molecular flexibility index (Phi) is 9.83. The number of piperidine rings is 1. The van der Waals surface area contributed by atoms with Gasteiger partial charge in [-0.3, -0.25) is 4.90 Å². The number of rotatable bonds is 6. The predicted molar refractivity (Wildman–Crippen MR) is 108 cm³/mol. The van der Waals surface area contributed by atoms with E-state index in [1.807, 2.05) is 31.3 Å². The second kappa shape index (κ2) is 11.0. The van der Waals surface area contributed by atoms with E-state index in [9.17, 15) is 0 Å². The fourth-order valence-corrected chi connectivity index (χ4v) is 3.32. The number of nitrogens with one attached hydrogen (secondary N) is 1. The molecule has 0 aliphatic carbocycles. The summed E-state index contributed by atoms with van der Waals surface area (Å²) in [6.45, 7) is 4.17. The third-order valence-corrected chi connectivity index (χ3v) is 4.77. The fourth-order valence-electron chi connectivity index (χ4n) is 3.13. The van der Waals surface area contributed by atoms with Crippen molar-refractivity contribution in [1.82, 2.24) is 15.2 Å². The van der Waals surface area contributed by atoms with Crippen LogP contribution >= 0.6 is 36.4 Å². The average molecular weight is 407 g/mol. The number of halogens is 3. The van der Waals surface area contributed by atoms with Crippen molar-refractivity contribution in [2.75, 3.05) is 26.7 Å². The Balaban J connectivity index is 0.00000156. The molecule has 3 rings (SSSR count). The second-order valence-electron chi connectivity index (χ2n) is 6.24. The molecule has 1 saturated heterocycles. The number of benzene rings is 1. The summed E-state index contributed by atoms with van der Waals surface area (Å²) in [6.07, 6.45) is 5.61. The van der Waals surface area contributed by atoms with Crippen molar-refractivity contribution < 1.29 is 4.42 Å². The summed E-state index contributed by atoms with van der Waals surface area (Å²) in [5.41, 5.74) is 0.974. The molecule has 1 aromatic heterocycles. The summed E-state index contributed by atoms with van der Waals surface area (Å²) >= 11 is 6.03. The van der Waals surface area contributed by atoms with Crippen LogP contribution in [0.4, 0.5) is 0 Å². The lowest BCUT2D eigenvalue weighted by atomic mass is 9.93. The molecule has 25 heavy (non-hydrogen) atoms. The average Bonchev–Trinajstić information content (AvgIpc) is 3.03. The van der Waals surface area contributed by atoms with Crippen molar-refractivity contribution in [2.24, 2.45) is 5.92 Å². The van der Waals surface area contributed by atoms with Gasteiger partial charge in [0.1, 0.15) is 0 Å². The Morgan fingerprint density at radius 1 is 1.28 bits per heavy atom. The molecule has 0 bridgehead atoms. The summed E-state index contributed by atoms with van der Waals surface area (Å²) in [6, 6.07) is 7.68. The molecule has 4 nitrogen and oxygen atoms in total. The summed E-state index contributed by atoms with van der Waals surface area (Å²) in [7, 11) is 2.02. The molecule has 2 aromatic rings. The molecule has 1 aromatic carbocycles. The quantitative estimate of drug-likeness (QED) is 0.757. The van der Waals surface area contributed by atoms with Gasteiger partial charge in [-0.15, -0.1) is 24.8 Å². The monoisotopic (exact) mass is 405 g/mol. The topological polar surface area (TPSA) is 41.3 Å². The molecular formula is C18H26Cl3N3O. The first kappa shape index (κ1) is 22.3. The maximum absolute atomic E-state index is 6.03. The first-order valence-electron chi connectivity index (χ1n) is 8.32. The van der Waals surface area contributed by atoms with Crippen molar-refractivity contribution >= 4 is 36.4 Å². The molecule has 1 aliphatic heterocycles. The first-order valence-corrected chi connectivity index (χ1v) is 8.70. The van der Waals surface area contributed by atoms with Crippen LogP contribution in [0.25, 0.3) is 11.3 Å². The van der Waals surface area contributed by atoms with Crippen molar-refractivity contribution in [1.29, 1.82) is 0 Å². The van der Waals surface area contributed by atoms with Crippen molar-refractivity contribution in [2.45, 2.75) is 25.8 Å². The van der Waals surface area contributed by atoms with Crippen molar-refractivity contribution in [3.05, 3.63) is 41.4 Å². The van der Waals surface area contributed by atoms with Crippen LogP contribution in [0.5, 0.6) is 0 Å². The molecule has 7 heteroatoms. The minimum Gasteiger partial charge on any atom is -0.439 e. The van der Waals surface area contributed by atoms with Crippen LogP contribution in [0.2, 0.25) is 5.02 Å². The lowest BCUT2D eigenvalue weighted by Crippen LogP contribution is -2.34. The minimum absolute atomic E-state index is 0. The minimum atomic E-state index is 0. The lowest BCUT2D eigenvalue weighted by molar-refractivity contribution is 0.160. The highest BCUT2D eigenvalue weighted by Crippen LogP contribution is 2.25. The van der Waals surface area contributed by atoms with E-state index in [4.69, 9.17) is 16.0 Å². The zero-order chi connectivity index (χ0) is 16.1. The SMILES string of the molecule is CNCCC1CCN(Cc2ncc(-c3cccc(Cl)c3)o2)CC1.Cl.Cl. The summed E-state index contributed by atoms with van der Waals surface area (Å²) < 4.78 is 5.90. The molecule has 0 atom stereocenters. The maximum Gasteiger partial charge on any atom is 0.209 e. The highest BCUT2D eigenvalue weighted by Gasteiger charge is 2.20. The fraction of sp³-hybridized carbons (Fsp3) is 0.500. The van der Waals surface area contributed by atoms with Gasteiger partial charge in [0.05, 0.1) is 12.7 Å². The molecule has 0 spiro atoms. The Morgan fingerprint density at radius 2 is 2.04 bits per heavy atom. The predicted octanol–water partition coefficient (Wildman–Crippen LogP) is 4.66. The van der Waals surface area contributed by atoms with Gasteiger partial charge >= 0.3 is 0 Å². The Labute approximate surface area is 167 Å². The molecule has 0 amide bonds. The van der Waals surface area contributed by atoms with Crippen LogP contribution in [-0.4, -0.2) is 36.6 Å². The van der Waals surface area contributed by atoms with Gasteiger partial charge < -0.3 is 9.73 Å². The number of hydrogen-bond acceptors (Lipinski definition) is 4. The molecule has 0 unspecified atom stereocenters. The van der Waals surface area contributed by atoms with E-state index in [2.05, 4.69) is 15.2 Å². The van der Waals surface area contributed by atoms with E-state index in [-0.39, 0.29) is 24.8 Å². The van der Waals surface area contributed by atoms with Crippen LogP contribution in [0.1, 0.15) is 25.2 Å². The summed E-state index contributed by atoms with van der Waals surface area (Å²) in [4.78, 5) is 6.86. The van der Waals surface area contributed by atoms with Gasteiger partial charge in [-0.1, -0.05) is 23.7 Å². The highest BCUT2D eigenvalue weighted by atomic mass is 35.5. The molecule has 1 fully saturated rings. The molecule has 2 heterocycles. The van der Waals surface area contributed by atoms with Crippen LogP contribution in [-0.2, 0) is 6.54 Å². The molecule has 0 saturated carbocycles. The summed E-state index contributed by atoms with van der Waals surface area (Å²) in [5, 5.41) is 3.95. The molecule has 0 radical (unpaired) electrons. The third-order valence-electron chi connectivity index (χ3n) is 4.53. The van der Waals surface area contributed by atoms with Gasteiger partial charge in [0.25, 0.3) is 0 Å². The lowest BCUT2D eigenvalue weighted by Gasteiger charge is -2.31.